The molecule has 1 saturated heterocycles. The van der Waals surface area contributed by atoms with Crippen LogP contribution in [0.5, 0.6) is 0 Å². The van der Waals surface area contributed by atoms with E-state index in [1.807, 2.05) is 6.92 Å². The standard InChI is InChI=1S/C13H23NO4/c1-3-12(15)11-4-6-14(7-5-11)13(16)10-18-9-8-17-2/h11H,3-10H2,1-2H3. The lowest BCUT2D eigenvalue weighted by Crippen LogP contribution is -2.42. The average molecular weight is 257 g/mol. The van der Waals surface area contributed by atoms with E-state index in [0.717, 1.165) is 12.8 Å². The number of nitrogens with zero attached hydrogens (tertiary/aromatic N) is 1. The number of rotatable bonds is 7. The number of ketones is 1. The Labute approximate surface area is 108 Å². The van der Waals surface area contributed by atoms with Gasteiger partial charge in [-0.05, 0) is 12.8 Å². The summed E-state index contributed by atoms with van der Waals surface area (Å²) in [6.07, 6.45) is 2.17. The number of Topliss-reactive ketones (excluding diaryl/α,β-unsaturated/α-hetero) is 1. The van der Waals surface area contributed by atoms with E-state index >= 15 is 0 Å². The van der Waals surface area contributed by atoms with Gasteiger partial charge in [-0.15, -0.1) is 0 Å². The van der Waals surface area contributed by atoms with E-state index in [9.17, 15) is 9.59 Å². The fourth-order valence-electron chi connectivity index (χ4n) is 2.13. The summed E-state index contributed by atoms with van der Waals surface area (Å²) >= 11 is 0. The van der Waals surface area contributed by atoms with Gasteiger partial charge in [0.2, 0.25) is 5.91 Å². The Morgan fingerprint density at radius 1 is 1.22 bits per heavy atom. The van der Waals surface area contributed by atoms with Gasteiger partial charge in [-0.2, -0.15) is 0 Å². The number of amides is 1. The lowest BCUT2D eigenvalue weighted by Gasteiger charge is -2.31. The summed E-state index contributed by atoms with van der Waals surface area (Å²) in [6.45, 7) is 4.28. The topological polar surface area (TPSA) is 55.8 Å². The average Bonchev–Trinajstić information content (AvgIpc) is 2.42. The summed E-state index contributed by atoms with van der Waals surface area (Å²) in [4.78, 5) is 25.1. The van der Waals surface area contributed by atoms with E-state index in [4.69, 9.17) is 9.47 Å². The molecule has 0 bridgehead atoms. The molecule has 5 nitrogen and oxygen atoms in total. The van der Waals surface area contributed by atoms with E-state index < -0.39 is 0 Å². The summed E-state index contributed by atoms with van der Waals surface area (Å²) in [5.74, 6) is 0.473. The Morgan fingerprint density at radius 2 is 1.89 bits per heavy atom. The maximum absolute atomic E-state index is 11.8. The van der Waals surface area contributed by atoms with Crippen molar-refractivity contribution >= 4 is 11.7 Å². The maximum Gasteiger partial charge on any atom is 0.248 e. The molecule has 0 saturated carbocycles. The molecular weight excluding hydrogens is 234 g/mol. The second kappa shape index (κ2) is 8.21. The van der Waals surface area contributed by atoms with Crippen LogP contribution >= 0.6 is 0 Å². The number of piperidine rings is 1. The van der Waals surface area contributed by atoms with E-state index in [2.05, 4.69) is 0 Å². The Hall–Kier alpha value is -0.940. The highest BCUT2D eigenvalue weighted by atomic mass is 16.5. The van der Waals surface area contributed by atoms with Gasteiger partial charge in [0.1, 0.15) is 12.4 Å². The molecule has 0 N–H and O–H groups in total. The molecule has 1 heterocycles. The molecule has 1 amide bonds. The monoisotopic (exact) mass is 257 g/mol. The van der Waals surface area contributed by atoms with Crippen LogP contribution in [0.2, 0.25) is 0 Å². The van der Waals surface area contributed by atoms with Crippen molar-refractivity contribution in [3.05, 3.63) is 0 Å². The molecule has 0 aliphatic carbocycles. The molecule has 0 aromatic heterocycles. The van der Waals surface area contributed by atoms with E-state index in [1.54, 1.807) is 12.0 Å². The quantitative estimate of drug-likeness (QED) is 0.635. The molecule has 1 rings (SSSR count). The van der Waals surface area contributed by atoms with Crippen LogP contribution in [0.1, 0.15) is 26.2 Å². The van der Waals surface area contributed by atoms with Crippen molar-refractivity contribution < 1.29 is 19.1 Å². The number of methoxy groups -OCH3 is 1. The van der Waals surface area contributed by atoms with Gasteiger partial charge in [0.05, 0.1) is 13.2 Å². The van der Waals surface area contributed by atoms with Crippen molar-refractivity contribution in [2.24, 2.45) is 5.92 Å². The zero-order valence-corrected chi connectivity index (χ0v) is 11.3. The number of carbonyl (C=O) groups is 2. The number of hydrogen-bond acceptors (Lipinski definition) is 4. The lowest BCUT2D eigenvalue weighted by molar-refractivity contribution is -0.139. The minimum absolute atomic E-state index is 0.00787. The first-order valence-corrected chi connectivity index (χ1v) is 6.56. The van der Waals surface area contributed by atoms with Crippen molar-refractivity contribution in [2.75, 3.05) is 40.0 Å². The molecule has 0 unspecified atom stereocenters. The van der Waals surface area contributed by atoms with E-state index in [-0.39, 0.29) is 18.4 Å². The predicted molar refractivity (Wildman–Crippen MR) is 67.3 cm³/mol. The van der Waals surface area contributed by atoms with Gasteiger partial charge < -0.3 is 14.4 Å². The third kappa shape index (κ3) is 4.74. The first-order chi connectivity index (χ1) is 8.69. The molecule has 1 aliphatic rings. The highest BCUT2D eigenvalue weighted by Crippen LogP contribution is 2.19. The number of carbonyl (C=O) groups excluding carboxylic acids is 2. The fraction of sp³-hybridized carbons (Fsp3) is 0.846. The third-order valence-corrected chi connectivity index (χ3v) is 3.31. The second-order valence-corrected chi connectivity index (χ2v) is 4.52. The van der Waals surface area contributed by atoms with Crippen molar-refractivity contribution in [1.29, 1.82) is 0 Å². The SMILES string of the molecule is CCC(=O)C1CCN(C(=O)COCCOC)CC1. The molecule has 0 atom stereocenters. The van der Waals surface area contributed by atoms with Crippen molar-refractivity contribution in [3.8, 4) is 0 Å². The molecular formula is C13H23NO4. The molecule has 104 valence electrons. The van der Waals surface area contributed by atoms with Crippen LogP contribution in [0.15, 0.2) is 0 Å². The van der Waals surface area contributed by atoms with Gasteiger partial charge in [-0.3, -0.25) is 9.59 Å². The van der Waals surface area contributed by atoms with Crippen LogP contribution < -0.4 is 0 Å². The van der Waals surface area contributed by atoms with E-state index in [0.29, 0.717) is 38.5 Å². The lowest BCUT2D eigenvalue weighted by atomic mass is 9.91. The zero-order chi connectivity index (χ0) is 13.4. The van der Waals surface area contributed by atoms with Crippen LogP contribution in [-0.4, -0.2) is 56.6 Å². The normalized spacial score (nSPS) is 16.9. The Balaban J connectivity index is 2.21. The molecule has 0 aromatic carbocycles. The van der Waals surface area contributed by atoms with Gasteiger partial charge in [0, 0.05) is 32.5 Å². The smallest absolute Gasteiger partial charge is 0.248 e. The molecule has 0 spiro atoms. The van der Waals surface area contributed by atoms with Gasteiger partial charge >= 0.3 is 0 Å². The minimum Gasteiger partial charge on any atom is -0.382 e. The summed E-state index contributed by atoms with van der Waals surface area (Å²) < 4.78 is 10.0. The van der Waals surface area contributed by atoms with Crippen molar-refractivity contribution in [2.45, 2.75) is 26.2 Å². The molecule has 1 aliphatic heterocycles. The minimum atomic E-state index is 0.00787. The third-order valence-electron chi connectivity index (χ3n) is 3.31. The van der Waals surface area contributed by atoms with Gasteiger partial charge in [-0.1, -0.05) is 6.92 Å². The molecule has 5 heteroatoms. The number of ether oxygens (including phenoxy) is 2. The van der Waals surface area contributed by atoms with E-state index in [1.165, 1.54) is 0 Å². The Bertz CT molecular complexity index is 272. The van der Waals surface area contributed by atoms with Gasteiger partial charge in [-0.25, -0.2) is 0 Å². The predicted octanol–water partition coefficient (Wildman–Crippen LogP) is 0.867. The number of likely N-dealkylation sites (tertiary alicyclic amines) is 1. The summed E-state index contributed by atoms with van der Waals surface area (Å²) in [7, 11) is 1.60. The molecule has 18 heavy (non-hydrogen) atoms. The highest BCUT2D eigenvalue weighted by molar-refractivity contribution is 5.81. The summed E-state index contributed by atoms with van der Waals surface area (Å²) in [6, 6.07) is 0. The number of hydrogen-bond donors (Lipinski definition) is 0. The van der Waals surface area contributed by atoms with Crippen LogP contribution in [-0.2, 0) is 19.1 Å². The largest absolute Gasteiger partial charge is 0.382 e. The molecule has 1 fully saturated rings. The highest BCUT2D eigenvalue weighted by Gasteiger charge is 2.25. The van der Waals surface area contributed by atoms with Gasteiger partial charge in [0.15, 0.2) is 0 Å². The maximum atomic E-state index is 11.8. The van der Waals surface area contributed by atoms with Crippen LogP contribution in [0.3, 0.4) is 0 Å². The van der Waals surface area contributed by atoms with Crippen LogP contribution in [0.4, 0.5) is 0 Å². The molecule has 0 aromatic rings. The van der Waals surface area contributed by atoms with Crippen LogP contribution in [0.25, 0.3) is 0 Å². The van der Waals surface area contributed by atoms with Crippen molar-refractivity contribution in [1.82, 2.24) is 4.90 Å². The second-order valence-electron chi connectivity index (χ2n) is 4.52. The van der Waals surface area contributed by atoms with Crippen LogP contribution in [0, 0.1) is 5.92 Å². The van der Waals surface area contributed by atoms with Gasteiger partial charge in [0.25, 0.3) is 0 Å². The molecule has 0 radical (unpaired) electrons. The van der Waals surface area contributed by atoms with Crippen molar-refractivity contribution in [3.63, 3.8) is 0 Å². The summed E-state index contributed by atoms with van der Waals surface area (Å²) in [5.41, 5.74) is 0. The Kier molecular flexibility index (Phi) is 6.90. The Morgan fingerprint density at radius 3 is 2.44 bits per heavy atom. The first-order valence-electron chi connectivity index (χ1n) is 6.56. The first kappa shape index (κ1) is 15.1. The zero-order valence-electron chi connectivity index (χ0n) is 11.3. The summed E-state index contributed by atoms with van der Waals surface area (Å²) in [5, 5.41) is 0. The fourth-order valence-corrected chi connectivity index (χ4v) is 2.13.